The fraction of sp³-hybridized carbons (Fsp3) is 0.333. The van der Waals surface area contributed by atoms with Crippen molar-refractivity contribution in [1.82, 2.24) is 0 Å². The lowest BCUT2D eigenvalue weighted by atomic mass is 9.99. The minimum atomic E-state index is 0.883. The number of anilines is 1. The number of aryl methyl sites for hydroxylation is 2. The molecule has 1 heterocycles. The van der Waals surface area contributed by atoms with Crippen LogP contribution in [0, 0.1) is 6.92 Å². The van der Waals surface area contributed by atoms with E-state index in [2.05, 4.69) is 58.1 Å². The van der Waals surface area contributed by atoms with Gasteiger partial charge in [-0.05, 0) is 65.0 Å². The molecule has 0 saturated heterocycles. The van der Waals surface area contributed by atoms with Crippen LogP contribution in [0.2, 0.25) is 0 Å². The Kier molecular flexibility index (Phi) is 4.20. The highest BCUT2D eigenvalue weighted by Crippen LogP contribution is 2.31. The van der Waals surface area contributed by atoms with Crippen molar-refractivity contribution in [3.63, 3.8) is 0 Å². The highest BCUT2D eigenvalue weighted by molar-refractivity contribution is 9.10. The zero-order valence-electron chi connectivity index (χ0n) is 12.5. The summed E-state index contributed by atoms with van der Waals surface area (Å²) in [5.74, 6) is 0.883. The number of halogens is 1. The molecule has 0 spiro atoms. The van der Waals surface area contributed by atoms with Crippen molar-refractivity contribution in [2.24, 2.45) is 0 Å². The average Bonchev–Trinajstić information content (AvgIpc) is 2.47. The lowest BCUT2D eigenvalue weighted by Crippen LogP contribution is -2.28. The van der Waals surface area contributed by atoms with E-state index in [0.717, 1.165) is 23.3 Å². The maximum Gasteiger partial charge on any atom is 0.133 e. The lowest BCUT2D eigenvalue weighted by Gasteiger charge is -2.31. The number of ether oxygens (including phenoxy) is 1. The lowest BCUT2D eigenvalue weighted by molar-refractivity contribution is 0.412. The second-order valence-electron chi connectivity index (χ2n) is 5.63. The van der Waals surface area contributed by atoms with Gasteiger partial charge >= 0.3 is 0 Å². The van der Waals surface area contributed by atoms with E-state index in [4.69, 9.17) is 4.74 Å². The molecule has 3 heteroatoms. The van der Waals surface area contributed by atoms with Gasteiger partial charge in [-0.3, -0.25) is 0 Å². The average molecular weight is 346 g/mol. The summed E-state index contributed by atoms with van der Waals surface area (Å²) in [6.45, 7) is 4.23. The Bertz CT molecular complexity index is 654. The van der Waals surface area contributed by atoms with Gasteiger partial charge in [0.05, 0.1) is 11.6 Å². The Morgan fingerprint density at radius 2 is 2.05 bits per heavy atom. The van der Waals surface area contributed by atoms with E-state index >= 15 is 0 Å². The topological polar surface area (TPSA) is 12.5 Å². The molecular formula is C18H20BrNO. The molecule has 0 amide bonds. The zero-order valence-corrected chi connectivity index (χ0v) is 14.1. The predicted molar refractivity (Wildman–Crippen MR) is 91.2 cm³/mol. The molecule has 0 saturated carbocycles. The van der Waals surface area contributed by atoms with Crippen LogP contribution in [-0.4, -0.2) is 13.7 Å². The highest BCUT2D eigenvalue weighted by atomic mass is 79.9. The Labute approximate surface area is 134 Å². The van der Waals surface area contributed by atoms with Gasteiger partial charge in [-0.1, -0.05) is 23.8 Å². The summed E-state index contributed by atoms with van der Waals surface area (Å²) in [4.78, 5) is 2.48. The summed E-state index contributed by atoms with van der Waals surface area (Å²) < 4.78 is 6.32. The standard InChI is InChI=1S/C18H20BrNO/c1-13-5-7-17-15(10-13)4-3-9-20(17)12-14-6-8-18(21-2)16(19)11-14/h5-8,10-11H,3-4,9,12H2,1-2H3. The third-order valence-electron chi connectivity index (χ3n) is 4.04. The second-order valence-corrected chi connectivity index (χ2v) is 6.48. The van der Waals surface area contributed by atoms with Gasteiger partial charge in [0.1, 0.15) is 5.75 Å². The van der Waals surface area contributed by atoms with Crippen molar-refractivity contribution in [3.05, 3.63) is 57.6 Å². The SMILES string of the molecule is COc1ccc(CN2CCCc3cc(C)ccc32)cc1Br. The van der Waals surface area contributed by atoms with Gasteiger partial charge in [0.25, 0.3) is 0 Å². The van der Waals surface area contributed by atoms with Gasteiger partial charge < -0.3 is 9.64 Å². The summed E-state index contributed by atoms with van der Waals surface area (Å²) in [5.41, 5.74) is 5.52. The Balaban J connectivity index is 1.85. The molecule has 0 aliphatic carbocycles. The van der Waals surface area contributed by atoms with Crippen LogP contribution in [0.3, 0.4) is 0 Å². The minimum absolute atomic E-state index is 0.883. The molecule has 0 unspecified atom stereocenters. The van der Waals surface area contributed by atoms with Crippen LogP contribution in [0.1, 0.15) is 23.1 Å². The molecule has 2 aromatic rings. The number of benzene rings is 2. The molecular weight excluding hydrogens is 326 g/mol. The normalized spacial score (nSPS) is 14.0. The third kappa shape index (κ3) is 3.08. The van der Waals surface area contributed by atoms with Crippen molar-refractivity contribution in [3.8, 4) is 5.75 Å². The molecule has 0 bridgehead atoms. The quantitative estimate of drug-likeness (QED) is 0.797. The Morgan fingerprint density at radius 1 is 1.19 bits per heavy atom. The van der Waals surface area contributed by atoms with E-state index in [0.29, 0.717) is 0 Å². The van der Waals surface area contributed by atoms with Gasteiger partial charge in [0.15, 0.2) is 0 Å². The predicted octanol–water partition coefficient (Wildman–Crippen LogP) is 4.72. The van der Waals surface area contributed by atoms with Crippen LogP contribution in [0.25, 0.3) is 0 Å². The van der Waals surface area contributed by atoms with Crippen molar-refractivity contribution in [2.45, 2.75) is 26.3 Å². The van der Waals surface area contributed by atoms with Gasteiger partial charge in [0.2, 0.25) is 0 Å². The zero-order chi connectivity index (χ0) is 14.8. The summed E-state index contributed by atoms with van der Waals surface area (Å²) >= 11 is 3.57. The largest absolute Gasteiger partial charge is 0.496 e. The molecule has 3 rings (SSSR count). The van der Waals surface area contributed by atoms with Crippen LogP contribution in [0.5, 0.6) is 5.75 Å². The highest BCUT2D eigenvalue weighted by Gasteiger charge is 2.17. The van der Waals surface area contributed by atoms with Crippen molar-refractivity contribution in [1.29, 1.82) is 0 Å². The van der Waals surface area contributed by atoms with Crippen LogP contribution >= 0.6 is 15.9 Å². The van der Waals surface area contributed by atoms with Crippen LogP contribution in [0.15, 0.2) is 40.9 Å². The first-order valence-electron chi connectivity index (χ1n) is 7.34. The summed E-state index contributed by atoms with van der Waals surface area (Å²) in [6.07, 6.45) is 2.42. The van der Waals surface area contributed by atoms with Gasteiger partial charge in [-0.15, -0.1) is 0 Å². The first-order chi connectivity index (χ1) is 10.2. The maximum atomic E-state index is 5.30. The maximum absolute atomic E-state index is 5.30. The first-order valence-corrected chi connectivity index (χ1v) is 8.13. The molecule has 1 aliphatic heterocycles. The molecule has 0 aromatic heterocycles. The second kappa shape index (κ2) is 6.10. The molecule has 21 heavy (non-hydrogen) atoms. The number of hydrogen-bond acceptors (Lipinski definition) is 2. The molecule has 0 fully saturated rings. The first kappa shape index (κ1) is 14.5. The Hall–Kier alpha value is -1.48. The van der Waals surface area contributed by atoms with Crippen LogP contribution in [0.4, 0.5) is 5.69 Å². The van der Waals surface area contributed by atoms with Crippen LogP contribution in [-0.2, 0) is 13.0 Å². The number of fused-ring (bicyclic) bond motifs is 1. The fourth-order valence-electron chi connectivity index (χ4n) is 3.00. The molecule has 0 radical (unpaired) electrons. The number of nitrogens with zero attached hydrogens (tertiary/aromatic N) is 1. The Morgan fingerprint density at radius 3 is 2.81 bits per heavy atom. The number of hydrogen-bond donors (Lipinski definition) is 0. The molecule has 0 atom stereocenters. The monoisotopic (exact) mass is 345 g/mol. The van der Waals surface area contributed by atoms with E-state index < -0.39 is 0 Å². The third-order valence-corrected chi connectivity index (χ3v) is 4.66. The van der Waals surface area contributed by atoms with E-state index in [9.17, 15) is 0 Å². The molecule has 0 N–H and O–H groups in total. The smallest absolute Gasteiger partial charge is 0.133 e. The van der Waals surface area contributed by atoms with Gasteiger partial charge in [0, 0.05) is 18.8 Å². The molecule has 110 valence electrons. The fourth-order valence-corrected chi connectivity index (χ4v) is 3.58. The molecule has 2 nitrogen and oxygen atoms in total. The number of methoxy groups -OCH3 is 1. The summed E-state index contributed by atoms with van der Waals surface area (Å²) in [6, 6.07) is 13.1. The van der Waals surface area contributed by atoms with Gasteiger partial charge in [-0.25, -0.2) is 0 Å². The van der Waals surface area contributed by atoms with E-state index in [-0.39, 0.29) is 0 Å². The minimum Gasteiger partial charge on any atom is -0.496 e. The summed E-state index contributed by atoms with van der Waals surface area (Å²) in [7, 11) is 1.70. The van der Waals surface area contributed by atoms with E-state index in [1.54, 1.807) is 7.11 Å². The summed E-state index contributed by atoms with van der Waals surface area (Å²) in [5, 5.41) is 0. The molecule has 2 aromatic carbocycles. The van der Waals surface area contributed by atoms with Crippen molar-refractivity contribution < 1.29 is 4.74 Å². The molecule has 1 aliphatic rings. The van der Waals surface area contributed by atoms with Gasteiger partial charge in [-0.2, -0.15) is 0 Å². The van der Waals surface area contributed by atoms with E-state index in [1.807, 2.05) is 6.07 Å². The van der Waals surface area contributed by atoms with Crippen molar-refractivity contribution in [2.75, 3.05) is 18.6 Å². The van der Waals surface area contributed by atoms with Crippen molar-refractivity contribution >= 4 is 21.6 Å². The van der Waals surface area contributed by atoms with Crippen LogP contribution < -0.4 is 9.64 Å². The van der Waals surface area contributed by atoms with E-state index in [1.165, 1.54) is 35.2 Å². The number of rotatable bonds is 3.